The van der Waals surface area contributed by atoms with Gasteiger partial charge in [0.25, 0.3) is 11.8 Å². The molecule has 2 aromatic heterocycles. The highest BCUT2D eigenvalue weighted by Gasteiger charge is 2.34. The van der Waals surface area contributed by atoms with Crippen molar-refractivity contribution in [3.63, 3.8) is 0 Å². The number of fused-ring (bicyclic) bond motifs is 1. The fraction of sp³-hybridized carbons (Fsp3) is 0.263. The van der Waals surface area contributed by atoms with Crippen LogP contribution >= 0.6 is 24.0 Å². The molecule has 1 N–H and O–H groups in total. The summed E-state index contributed by atoms with van der Waals surface area (Å²) < 4.78 is 7.51. The molecule has 1 atom stereocenters. The Balaban J connectivity index is 0.00000432. The van der Waals surface area contributed by atoms with Gasteiger partial charge >= 0.3 is 0 Å². The summed E-state index contributed by atoms with van der Waals surface area (Å²) in [4.78, 5) is 43.5. The molecular formula is C38H38Cl2N6O4. The van der Waals surface area contributed by atoms with Gasteiger partial charge in [0.2, 0.25) is 0 Å². The molecule has 3 aromatic carbocycles. The Bertz CT molecular complexity index is 2000. The van der Waals surface area contributed by atoms with E-state index < -0.39 is 0 Å². The molecule has 0 bridgehead atoms. The van der Waals surface area contributed by atoms with Crippen molar-refractivity contribution in [2.75, 3.05) is 37.7 Å². The van der Waals surface area contributed by atoms with Crippen LogP contribution in [0.1, 0.15) is 37.5 Å². The van der Waals surface area contributed by atoms with E-state index in [1.807, 2.05) is 29.5 Å². The van der Waals surface area contributed by atoms with Crippen LogP contribution in [0.3, 0.4) is 0 Å². The Morgan fingerprint density at radius 2 is 1.72 bits per heavy atom. The van der Waals surface area contributed by atoms with Crippen molar-refractivity contribution >= 4 is 47.3 Å². The number of rotatable bonds is 7. The fourth-order valence-electron chi connectivity index (χ4n) is 6.80. The molecule has 4 heterocycles. The van der Waals surface area contributed by atoms with E-state index in [2.05, 4.69) is 33.1 Å². The third-order valence-corrected chi connectivity index (χ3v) is 9.77. The minimum Gasteiger partial charge on any atom is -0.508 e. The van der Waals surface area contributed by atoms with Crippen LogP contribution in [0.2, 0.25) is 5.02 Å². The predicted octanol–water partition coefficient (Wildman–Crippen LogP) is 6.45. The number of nitrogens with zero attached hydrogens (tertiary/aromatic N) is 6. The summed E-state index contributed by atoms with van der Waals surface area (Å²) >= 11 is 6.60. The number of morpholine rings is 1. The molecule has 1 fully saturated rings. The zero-order valence-corrected chi connectivity index (χ0v) is 29.4. The number of phenolic OH excluding ortho intramolecular Hbond substituents is 1. The van der Waals surface area contributed by atoms with Gasteiger partial charge in [0, 0.05) is 79.2 Å². The Morgan fingerprint density at radius 3 is 2.44 bits per heavy atom. The summed E-state index contributed by atoms with van der Waals surface area (Å²) in [5.74, 6) is -0.00981. The molecule has 0 aliphatic carbocycles. The van der Waals surface area contributed by atoms with Gasteiger partial charge in [0.05, 0.1) is 30.7 Å². The zero-order valence-electron chi connectivity index (χ0n) is 27.8. The summed E-state index contributed by atoms with van der Waals surface area (Å²) in [7, 11) is 1.88. The number of halogens is 2. The minimum atomic E-state index is -0.335. The molecule has 258 valence electrons. The molecule has 50 heavy (non-hydrogen) atoms. The molecule has 0 unspecified atom stereocenters. The molecular weight excluding hydrogens is 675 g/mol. The molecule has 0 radical (unpaired) electrons. The largest absolute Gasteiger partial charge is 0.508 e. The van der Waals surface area contributed by atoms with Gasteiger partial charge in [0.1, 0.15) is 5.75 Å². The van der Waals surface area contributed by atoms with Crippen molar-refractivity contribution in [1.82, 2.24) is 24.3 Å². The topological polar surface area (TPSA) is 104 Å². The second-order valence-electron chi connectivity index (χ2n) is 12.5. The lowest BCUT2D eigenvalue weighted by atomic mass is 9.92. The van der Waals surface area contributed by atoms with Gasteiger partial charge < -0.3 is 19.3 Å². The molecule has 2 aliphatic heterocycles. The Hall–Kier alpha value is -4.74. The van der Waals surface area contributed by atoms with Gasteiger partial charge in [-0.3, -0.25) is 24.4 Å². The number of aromatic hydroxyl groups is 1. The lowest BCUT2D eigenvalue weighted by Gasteiger charge is -2.40. The maximum atomic E-state index is 14.7. The molecule has 12 heteroatoms. The number of amides is 2. The van der Waals surface area contributed by atoms with Gasteiger partial charge in [-0.1, -0.05) is 35.9 Å². The van der Waals surface area contributed by atoms with E-state index in [-0.39, 0.29) is 36.0 Å². The fourth-order valence-corrected chi connectivity index (χ4v) is 6.97. The number of hydrogen-bond acceptors (Lipinski definition) is 7. The van der Waals surface area contributed by atoms with Crippen molar-refractivity contribution < 1.29 is 19.4 Å². The highest BCUT2D eigenvalue weighted by Crippen LogP contribution is 2.35. The van der Waals surface area contributed by atoms with Crippen LogP contribution in [0.15, 0.2) is 91.4 Å². The number of carbonyl (C=O) groups is 2. The minimum absolute atomic E-state index is 0. The number of carbonyl (C=O) groups excluding carboxylic acids is 2. The molecule has 7 rings (SSSR count). The zero-order chi connectivity index (χ0) is 34.1. The maximum absolute atomic E-state index is 14.7. The molecule has 5 aromatic rings. The first-order valence-electron chi connectivity index (χ1n) is 16.3. The van der Waals surface area contributed by atoms with E-state index in [1.165, 1.54) is 35.0 Å². The van der Waals surface area contributed by atoms with Crippen molar-refractivity contribution in [3.8, 4) is 17.0 Å². The van der Waals surface area contributed by atoms with Gasteiger partial charge in [0.15, 0.2) is 5.82 Å². The van der Waals surface area contributed by atoms with Crippen LogP contribution in [0, 0.1) is 6.92 Å². The average Bonchev–Trinajstić information content (AvgIpc) is 3.42. The third-order valence-electron chi connectivity index (χ3n) is 9.53. The summed E-state index contributed by atoms with van der Waals surface area (Å²) in [6, 6.07) is 21.8. The number of aromatic nitrogens is 3. The van der Waals surface area contributed by atoms with Crippen LogP contribution < -0.4 is 4.90 Å². The normalized spacial score (nSPS) is 16.0. The first-order valence-corrected chi connectivity index (χ1v) is 16.7. The van der Waals surface area contributed by atoms with E-state index in [4.69, 9.17) is 16.3 Å². The van der Waals surface area contributed by atoms with Crippen LogP contribution in [0.5, 0.6) is 5.75 Å². The van der Waals surface area contributed by atoms with E-state index >= 15 is 0 Å². The van der Waals surface area contributed by atoms with Crippen LogP contribution in [0.25, 0.3) is 11.3 Å². The second kappa shape index (κ2) is 15.0. The number of ether oxygens (including phenoxy) is 1. The quantitative estimate of drug-likeness (QED) is 0.207. The first kappa shape index (κ1) is 35.1. The van der Waals surface area contributed by atoms with Gasteiger partial charge in [-0.25, -0.2) is 4.98 Å². The molecule has 0 spiro atoms. The predicted molar refractivity (Wildman–Crippen MR) is 196 cm³/mol. The standard InChI is InChI=1S/C38H37ClN6O4.ClH/c1-25-33(38(48)45(36-22-40-13-14-41-36)29-8-10-31(46)11-9-29)21-35(42(25)2)34-20-28(39)7-12-32(34)37(47)44-23-27-6-4-3-5-26(27)19-30(44)24-43-15-17-49-18-16-43;/h3-14,20-22,30,46H,15-19,23-24H2,1-2H3;1H/t30-;/m0./s1. The van der Waals surface area contributed by atoms with Crippen LogP contribution in [-0.2, 0) is 24.8 Å². The Labute approximate surface area is 302 Å². The van der Waals surface area contributed by atoms with Crippen molar-refractivity contribution in [3.05, 3.63) is 124 Å². The van der Waals surface area contributed by atoms with Crippen LogP contribution in [-0.4, -0.2) is 80.1 Å². The average molecular weight is 714 g/mol. The Kier molecular flexibility index (Phi) is 10.5. The van der Waals surface area contributed by atoms with E-state index in [0.717, 1.165) is 31.6 Å². The summed E-state index contributed by atoms with van der Waals surface area (Å²) in [5, 5.41) is 10.4. The Morgan fingerprint density at radius 1 is 0.980 bits per heavy atom. The molecule has 1 saturated heterocycles. The van der Waals surface area contributed by atoms with Crippen molar-refractivity contribution in [2.45, 2.75) is 25.9 Å². The maximum Gasteiger partial charge on any atom is 0.265 e. The SMILES string of the molecule is Cc1c(C(=O)N(c2ccc(O)cc2)c2cnccn2)cc(-c2cc(Cl)ccc2C(=O)N2Cc3ccccc3C[C@H]2CN2CCOCC2)n1C.Cl. The highest BCUT2D eigenvalue weighted by atomic mass is 35.5. The number of benzene rings is 3. The molecule has 2 amide bonds. The number of phenols is 1. The van der Waals surface area contributed by atoms with E-state index in [9.17, 15) is 14.7 Å². The molecule has 10 nitrogen and oxygen atoms in total. The van der Waals surface area contributed by atoms with Gasteiger partial charge in [-0.2, -0.15) is 0 Å². The lowest BCUT2D eigenvalue weighted by molar-refractivity contribution is 0.0193. The van der Waals surface area contributed by atoms with Crippen molar-refractivity contribution in [1.29, 1.82) is 0 Å². The third kappa shape index (κ3) is 6.97. The van der Waals surface area contributed by atoms with E-state index in [1.54, 1.807) is 42.6 Å². The molecule has 0 saturated carbocycles. The molecule has 2 aliphatic rings. The van der Waals surface area contributed by atoms with Crippen molar-refractivity contribution in [2.24, 2.45) is 7.05 Å². The van der Waals surface area contributed by atoms with E-state index in [0.29, 0.717) is 64.4 Å². The van der Waals surface area contributed by atoms with Crippen LogP contribution in [0.4, 0.5) is 11.5 Å². The summed E-state index contributed by atoms with van der Waals surface area (Å²) in [6.07, 6.45) is 5.34. The monoisotopic (exact) mass is 712 g/mol. The summed E-state index contributed by atoms with van der Waals surface area (Å²) in [6.45, 7) is 6.17. The number of anilines is 2. The highest BCUT2D eigenvalue weighted by molar-refractivity contribution is 6.31. The van der Waals surface area contributed by atoms with Gasteiger partial charge in [-0.05, 0) is 73.0 Å². The smallest absolute Gasteiger partial charge is 0.265 e. The number of hydrogen-bond donors (Lipinski definition) is 1. The van der Waals surface area contributed by atoms with Gasteiger partial charge in [-0.15, -0.1) is 12.4 Å². The lowest BCUT2D eigenvalue weighted by Crippen LogP contribution is -2.52. The first-order chi connectivity index (χ1) is 23.8. The summed E-state index contributed by atoms with van der Waals surface area (Å²) in [5.41, 5.74) is 5.88. The second-order valence-corrected chi connectivity index (χ2v) is 12.9.